The quantitative estimate of drug-likeness (QED) is 0.687. The van der Waals surface area contributed by atoms with Gasteiger partial charge in [0, 0.05) is 31.8 Å². The van der Waals surface area contributed by atoms with Gasteiger partial charge in [0.1, 0.15) is 5.76 Å². The van der Waals surface area contributed by atoms with Crippen LogP contribution in [0.4, 0.5) is 5.69 Å². The molecule has 138 valence electrons. The van der Waals surface area contributed by atoms with Gasteiger partial charge in [-0.15, -0.1) is 0 Å². The van der Waals surface area contributed by atoms with Gasteiger partial charge in [-0.25, -0.2) is 0 Å². The van der Waals surface area contributed by atoms with E-state index in [9.17, 15) is 9.59 Å². The minimum Gasteiger partial charge on any atom is -0.451 e. The zero-order chi connectivity index (χ0) is 19.4. The summed E-state index contributed by atoms with van der Waals surface area (Å²) >= 11 is 6.17. The molecule has 6 heteroatoms. The minimum atomic E-state index is -0.356. The molecule has 1 aromatic heterocycles. The molecule has 2 amide bonds. The Morgan fingerprint density at radius 2 is 1.85 bits per heavy atom. The van der Waals surface area contributed by atoms with Crippen molar-refractivity contribution in [3.8, 4) is 11.3 Å². The summed E-state index contributed by atoms with van der Waals surface area (Å²) in [5.41, 5.74) is 2.28. The average molecular weight is 383 g/mol. The number of hydrogen-bond donors (Lipinski definition) is 1. The highest BCUT2D eigenvalue weighted by Crippen LogP contribution is 2.29. The second kappa shape index (κ2) is 8.10. The number of carbonyl (C=O) groups excluding carboxylic acids is 2. The van der Waals surface area contributed by atoms with Crippen molar-refractivity contribution in [1.29, 1.82) is 0 Å². The summed E-state index contributed by atoms with van der Waals surface area (Å²) < 4.78 is 5.66. The molecule has 3 aromatic rings. The number of halogens is 1. The fourth-order valence-electron chi connectivity index (χ4n) is 2.59. The number of carbonyl (C=O) groups is 2. The lowest BCUT2D eigenvalue weighted by Crippen LogP contribution is -2.23. The first-order valence-electron chi connectivity index (χ1n) is 8.41. The van der Waals surface area contributed by atoms with Crippen molar-refractivity contribution < 1.29 is 14.0 Å². The van der Waals surface area contributed by atoms with Crippen LogP contribution in [0.15, 0.2) is 65.1 Å². The van der Waals surface area contributed by atoms with Gasteiger partial charge in [0.25, 0.3) is 5.91 Å². The summed E-state index contributed by atoms with van der Waals surface area (Å²) in [6, 6.07) is 18.0. The lowest BCUT2D eigenvalue weighted by atomic mass is 10.2. The van der Waals surface area contributed by atoms with Gasteiger partial charge in [0.15, 0.2) is 5.76 Å². The molecule has 0 aliphatic rings. The fourth-order valence-corrected chi connectivity index (χ4v) is 2.82. The summed E-state index contributed by atoms with van der Waals surface area (Å²) in [4.78, 5) is 25.5. The third-order valence-corrected chi connectivity index (χ3v) is 4.44. The van der Waals surface area contributed by atoms with Gasteiger partial charge in [-0.05, 0) is 42.0 Å². The fraction of sp³-hybridized carbons (Fsp3) is 0.143. The average Bonchev–Trinajstić information content (AvgIpc) is 3.12. The molecule has 27 heavy (non-hydrogen) atoms. The summed E-state index contributed by atoms with van der Waals surface area (Å²) in [5.74, 6) is 0.344. The number of furan rings is 1. The minimum absolute atomic E-state index is 0.0212. The van der Waals surface area contributed by atoms with Crippen LogP contribution in [-0.2, 0) is 11.3 Å². The van der Waals surface area contributed by atoms with E-state index in [0.717, 1.165) is 11.1 Å². The molecular weight excluding hydrogens is 364 g/mol. The van der Waals surface area contributed by atoms with E-state index >= 15 is 0 Å². The number of anilines is 1. The van der Waals surface area contributed by atoms with Gasteiger partial charge in [-0.2, -0.15) is 0 Å². The molecular formula is C21H19ClN2O3. The predicted molar refractivity (Wildman–Crippen MR) is 106 cm³/mol. The van der Waals surface area contributed by atoms with Crippen LogP contribution >= 0.6 is 11.6 Å². The molecule has 0 saturated heterocycles. The van der Waals surface area contributed by atoms with Crippen LogP contribution in [0.1, 0.15) is 23.0 Å². The zero-order valence-electron chi connectivity index (χ0n) is 15.0. The van der Waals surface area contributed by atoms with Crippen LogP contribution in [0.2, 0.25) is 5.02 Å². The van der Waals surface area contributed by atoms with E-state index in [1.54, 1.807) is 36.2 Å². The van der Waals surface area contributed by atoms with Gasteiger partial charge in [0.2, 0.25) is 5.91 Å². The Morgan fingerprint density at radius 1 is 1.07 bits per heavy atom. The first-order valence-corrected chi connectivity index (χ1v) is 8.78. The topological polar surface area (TPSA) is 62.6 Å². The summed E-state index contributed by atoms with van der Waals surface area (Å²) in [5, 5.41) is 3.37. The third-order valence-electron chi connectivity index (χ3n) is 4.11. The SMILES string of the molecule is CC(=O)N(C)Cc1cccc(NC(=O)c2ccc(-c3ccccc3Cl)o2)c1. The molecule has 0 spiro atoms. The smallest absolute Gasteiger partial charge is 0.291 e. The van der Waals surface area contributed by atoms with Crippen LogP contribution in [-0.4, -0.2) is 23.8 Å². The van der Waals surface area contributed by atoms with E-state index in [2.05, 4.69) is 5.32 Å². The van der Waals surface area contributed by atoms with Gasteiger partial charge in [0.05, 0.1) is 5.02 Å². The molecule has 0 aliphatic heterocycles. The van der Waals surface area contributed by atoms with Gasteiger partial charge in [-0.1, -0.05) is 35.9 Å². The largest absolute Gasteiger partial charge is 0.451 e. The van der Waals surface area contributed by atoms with Crippen LogP contribution in [0.3, 0.4) is 0 Å². The number of hydrogen-bond acceptors (Lipinski definition) is 3. The number of amides is 2. The second-order valence-electron chi connectivity index (χ2n) is 6.17. The normalized spacial score (nSPS) is 10.5. The third kappa shape index (κ3) is 4.57. The van der Waals surface area contributed by atoms with E-state index in [1.165, 1.54) is 6.92 Å². The number of nitrogens with one attached hydrogen (secondary N) is 1. The first-order chi connectivity index (χ1) is 12.9. The van der Waals surface area contributed by atoms with Gasteiger partial charge >= 0.3 is 0 Å². The molecule has 0 fully saturated rings. The van der Waals surface area contributed by atoms with E-state index < -0.39 is 0 Å². The van der Waals surface area contributed by atoms with Gasteiger partial charge < -0.3 is 14.6 Å². The number of benzene rings is 2. The first kappa shape index (κ1) is 18.7. The highest BCUT2D eigenvalue weighted by atomic mass is 35.5. The molecule has 0 radical (unpaired) electrons. The molecule has 1 heterocycles. The lowest BCUT2D eigenvalue weighted by molar-refractivity contribution is -0.128. The molecule has 3 rings (SSSR count). The van der Waals surface area contributed by atoms with Crippen LogP contribution in [0.25, 0.3) is 11.3 Å². The molecule has 0 saturated carbocycles. The van der Waals surface area contributed by atoms with Crippen LogP contribution < -0.4 is 5.32 Å². The van der Waals surface area contributed by atoms with E-state index in [1.807, 2.05) is 36.4 Å². The van der Waals surface area contributed by atoms with E-state index in [0.29, 0.717) is 23.0 Å². The van der Waals surface area contributed by atoms with Gasteiger partial charge in [-0.3, -0.25) is 9.59 Å². The maximum absolute atomic E-state index is 12.5. The van der Waals surface area contributed by atoms with Crippen molar-refractivity contribution in [3.05, 3.63) is 77.0 Å². The van der Waals surface area contributed by atoms with Crippen molar-refractivity contribution in [2.24, 2.45) is 0 Å². The molecule has 5 nitrogen and oxygen atoms in total. The van der Waals surface area contributed by atoms with Crippen LogP contribution in [0, 0.1) is 0 Å². The Labute approximate surface area is 162 Å². The molecule has 0 bridgehead atoms. The highest BCUT2D eigenvalue weighted by molar-refractivity contribution is 6.33. The Morgan fingerprint density at radius 3 is 2.59 bits per heavy atom. The van der Waals surface area contributed by atoms with Crippen molar-refractivity contribution >= 4 is 29.1 Å². The summed E-state index contributed by atoms with van der Waals surface area (Å²) in [7, 11) is 1.73. The standard InChI is InChI=1S/C21H19ClN2O3/c1-14(25)24(2)13-15-6-5-7-16(12-15)23-21(26)20-11-10-19(27-20)17-8-3-4-9-18(17)22/h3-12H,13H2,1-2H3,(H,23,26). The van der Waals surface area contributed by atoms with Crippen molar-refractivity contribution in [2.75, 3.05) is 12.4 Å². The molecule has 0 atom stereocenters. The summed E-state index contributed by atoms with van der Waals surface area (Å²) in [6.07, 6.45) is 0. The molecule has 0 aliphatic carbocycles. The van der Waals surface area contributed by atoms with E-state index in [-0.39, 0.29) is 17.6 Å². The predicted octanol–water partition coefficient (Wildman–Crippen LogP) is 4.83. The maximum atomic E-state index is 12.5. The monoisotopic (exact) mass is 382 g/mol. The van der Waals surface area contributed by atoms with Crippen LogP contribution in [0.5, 0.6) is 0 Å². The number of nitrogens with zero attached hydrogens (tertiary/aromatic N) is 1. The Balaban J connectivity index is 1.73. The van der Waals surface area contributed by atoms with Crippen molar-refractivity contribution in [2.45, 2.75) is 13.5 Å². The Bertz CT molecular complexity index is 981. The molecule has 2 aromatic carbocycles. The molecule has 0 unspecified atom stereocenters. The maximum Gasteiger partial charge on any atom is 0.291 e. The van der Waals surface area contributed by atoms with Crippen molar-refractivity contribution in [3.63, 3.8) is 0 Å². The highest BCUT2D eigenvalue weighted by Gasteiger charge is 2.14. The Kier molecular flexibility index (Phi) is 5.62. The lowest BCUT2D eigenvalue weighted by Gasteiger charge is -2.15. The molecule has 1 N–H and O–H groups in total. The van der Waals surface area contributed by atoms with Crippen molar-refractivity contribution in [1.82, 2.24) is 4.90 Å². The van der Waals surface area contributed by atoms with E-state index in [4.69, 9.17) is 16.0 Å². The zero-order valence-corrected chi connectivity index (χ0v) is 15.8. The second-order valence-corrected chi connectivity index (χ2v) is 6.58. The number of rotatable bonds is 5. The summed E-state index contributed by atoms with van der Waals surface area (Å²) in [6.45, 7) is 1.98. The Hall–Kier alpha value is -3.05.